The number of hydrogen-bond acceptors (Lipinski definition) is 3. The lowest BCUT2D eigenvalue weighted by molar-refractivity contribution is 0.521. The SMILES string of the molecule is CC1(C)CCc2sc(N)c(C#N)c21. The molecule has 0 saturated carbocycles. The van der Waals surface area contributed by atoms with Crippen LogP contribution < -0.4 is 5.73 Å². The lowest BCUT2D eigenvalue weighted by Crippen LogP contribution is -2.13. The minimum absolute atomic E-state index is 0.147. The first kappa shape index (κ1) is 8.58. The van der Waals surface area contributed by atoms with Crippen LogP contribution in [0.3, 0.4) is 0 Å². The van der Waals surface area contributed by atoms with E-state index in [9.17, 15) is 0 Å². The van der Waals surface area contributed by atoms with Gasteiger partial charge >= 0.3 is 0 Å². The van der Waals surface area contributed by atoms with Gasteiger partial charge in [0.05, 0.1) is 5.56 Å². The van der Waals surface area contributed by atoms with Crippen molar-refractivity contribution in [2.45, 2.75) is 32.1 Å². The van der Waals surface area contributed by atoms with E-state index < -0.39 is 0 Å². The van der Waals surface area contributed by atoms with Gasteiger partial charge in [0.1, 0.15) is 11.1 Å². The van der Waals surface area contributed by atoms with Crippen LogP contribution in [0.25, 0.3) is 0 Å². The first-order valence-electron chi connectivity index (χ1n) is 4.38. The highest BCUT2D eigenvalue weighted by Crippen LogP contribution is 2.46. The molecule has 0 radical (unpaired) electrons. The molecule has 0 fully saturated rings. The highest BCUT2D eigenvalue weighted by molar-refractivity contribution is 7.16. The lowest BCUT2D eigenvalue weighted by atomic mass is 9.85. The number of thiophene rings is 1. The van der Waals surface area contributed by atoms with Gasteiger partial charge in [0, 0.05) is 4.88 Å². The van der Waals surface area contributed by atoms with Gasteiger partial charge in [-0.3, -0.25) is 0 Å². The zero-order chi connectivity index (χ0) is 9.64. The number of aryl methyl sites for hydroxylation is 1. The Labute approximate surface area is 82.0 Å². The van der Waals surface area contributed by atoms with E-state index in [1.807, 2.05) is 0 Å². The molecule has 1 aromatic heterocycles. The summed E-state index contributed by atoms with van der Waals surface area (Å²) in [5, 5.41) is 9.68. The third-order valence-corrected chi connectivity index (χ3v) is 3.85. The summed E-state index contributed by atoms with van der Waals surface area (Å²) in [4.78, 5) is 1.32. The van der Waals surface area contributed by atoms with Crippen LogP contribution in [0.15, 0.2) is 0 Å². The summed E-state index contributed by atoms with van der Waals surface area (Å²) in [5.74, 6) is 0. The molecule has 0 aliphatic heterocycles. The molecular weight excluding hydrogens is 180 g/mol. The smallest absolute Gasteiger partial charge is 0.104 e. The number of nitrogens with zero attached hydrogens (tertiary/aromatic N) is 1. The third kappa shape index (κ3) is 1.06. The van der Waals surface area contributed by atoms with Crippen LogP contribution in [0, 0.1) is 11.3 Å². The van der Waals surface area contributed by atoms with E-state index in [2.05, 4.69) is 19.9 Å². The van der Waals surface area contributed by atoms with Crippen LogP contribution in [0.2, 0.25) is 0 Å². The van der Waals surface area contributed by atoms with E-state index in [-0.39, 0.29) is 5.41 Å². The average molecular weight is 192 g/mol. The molecule has 0 unspecified atom stereocenters. The predicted molar refractivity (Wildman–Crippen MR) is 54.8 cm³/mol. The molecule has 3 heteroatoms. The van der Waals surface area contributed by atoms with E-state index in [0.29, 0.717) is 5.00 Å². The fourth-order valence-electron chi connectivity index (χ4n) is 2.05. The van der Waals surface area contributed by atoms with Crippen molar-refractivity contribution in [2.75, 3.05) is 5.73 Å². The van der Waals surface area contributed by atoms with Gasteiger partial charge in [-0.1, -0.05) is 13.8 Å². The Morgan fingerprint density at radius 1 is 1.54 bits per heavy atom. The van der Waals surface area contributed by atoms with Crippen LogP contribution in [0.5, 0.6) is 0 Å². The Kier molecular flexibility index (Phi) is 1.64. The average Bonchev–Trinajstić information content (AvgIpc) is 2.50. The van der Waals surface area contributed by atoms with Crippen molar-refractivity contribution in [1.82, 2.24) is 0 Å². The van der Waals surface area contributed by atoms with Gasteiger partial charge in [-0.05, 0) is 23.8 Å². The Bertz CT molecular complexity index is 396. The maximum atomic E-state index is 8.98. The molecule has 2 N–H and O–H groups in total. The predicted octanol–water partition coefficient (Wildman–Crippen LogP) is 2.43. The molecule has 1 heterocycles. The first-order chi connectivity index (χ1) is 6.06. The number of nitrogen functional groups attached to an aromatic ring is 1. The summed E-state index contributed by atoms with van der Waals surface area (Å²) < 4.78 is 0. The molecule has 0 bridgehead atoms. The minimum atomic E-state index is 0.147. The third-order valence-electron chi connectivity index (χ3n) is 2.77. The van der Waals surface area contributed by atoms with E-state index in [0.717, 1.165) is 18.4 Å². The standard InChI is InChI=1S/C10H12N2S/c1-10(2)4-3-7-8(10)6(5-11)9(12)13-7/h3-4,12H2,1-2H3. The highest BCUT2D eigenvalue weighted by atomic mass is 32.1. The number of hydrogen-bond donors (Lipinski definition) is 1. The van der Waals surface area contributed by atoms with E-state index in [1.54, 1.807) is 11.3 Å². The van der Waals surface area contributed by atoms with Crippen molar-refractivity contribution in [1.29, 1.82) is 5.26 Å². The fourth-order valence-corrected chi connectivity index (χ4v) is 3.25. The number of fused-ring (bicyclic) bond motifs is 1. The molecule has 0 atom stereocenters. The second-order valence-electron chi connectivity index (χ2n) is 4.14. The summed E-state index contributed by atoms with van der Waals surface area (Å²) in [7, 11) is 0. The molecule has 68 valence electrons. The Balaban J connectivity index is 2.69. The molecule has 0 amide bonds. The zero-order valence-corrected chi connectivity index (χ0v) is 8.66. The Hall–Kier alpha value is -1.01. The first-order valence-corrected chi connectivity index (χ1v) is 5.19. The lowest BCUT2D eigenvalue weighted by Gasteiger charge is -2.17. The van der Waals surface area contributed by atoms with Crippen LogP contribution in [-0.2, 0) is 11.8 Å². The summed E-state index contributed by atoms with van der Waals surface area (Å²) >= 11 is 1.59. The van der Waals surface area contributed by atoms with Crippen LogP contribution in [0.1, 0.15) is 36.3 Å². The molecule has 0 spiro atoms. The van der Waals surface area contributed by atoms with Gasteiger partial charge in [-0.15, -0.1) is 11.3 Å². The van der Waals surface area contributed by atoms with Gasteiger partial charge in [-0.25, -0.2) is 0 Å². The molecule has 13 heavy (non-hydrogen) atoms. The normalized spacial score (nSPS) is 18.2. The minimum Gasteiger partial charge on any atom is -0.389 e. The number of nitriles is 1. The molecule has 1 aromatic rings. The van der Waals surface area contributed by atoms with Gasteiger partial charge in [0.25, 0.3) is 0 Å². The second kappa shape index (κ2) is 2.49. The van der Waals surface area contributed by atoms with Crippen LogP contribution in [0.4, 0.5) is 5.00 Å². The molecule has 2 nitrogen and oxygen atoms in total. The second-order valence-corrected chi connectivity index (χ2v) is 5.27. The topological polar surface area (TPSA) is 49.8 Å². The van der Waals surface area contributed by atoms with Crippen molar-refractivity contribution in [3.8, 4) is 6.07 Å². The molecule has 1 aliphatic rings. The zero-order valence-electron chi connectivity index (χ0n) is 7.85. The Morgan fingerprint density at radius 2 is 2.23 bits per heavy atom. The maximum Gasteiger partial charge on any atom is 0.104 e. The maximum absolute atomic E-state index is 8.98. The van der Waals surface area contributed by atoms with Gasteiger partial charge in [0.15, 0.2) is 0 Å². The number of rotatable bonds is 0. The monoisotopic (exact) mass is 192 g/mol. The van der Waals surface area contributed by atoms with Crippen LogP contribution >= 0.6 is 11.3 Å². The summed E-state index contributed by atoms with van der Waals surface area (Å²) in [6.45, 7) is 4.37. The summed E-state index contributed by atoms with van der Waals surface area (Å²) in [5.41, 5.74) is 7.86. The molecule has 2 rings (SSSR count). The van der Waals surface area contributed by atoms with Gasteiger partial charge < -0.3 is 5.73 Å². The summed E-state index contributed by atoms with van der Waals surface area (Å²) in [6, 6.07) is 2.22. The van der Waals surface area contributed by atoms with Crippen molar-refractivity contribution < 1.29 is 0 Å². The highest BCUT2D eigenvalue weighted by Gasteiger charge is 2.35. The quantitative estimate of drug-likeness (QED) is 0.686. The summed E-state index contributed by atoms with van der Waals surface area (Å²) in [6.07, 6.45) is 2.22. The number of anilines is 1. The Morgan fingerprint density at radius 3 is 2.85 bits per heavy atom. The fraction of sp³-hybridized carbons (Fsp3) is 0.500. The van der Waals surface area contributed by atoms with E-state index in [4.69, 9.17) is 11.0 Å². The van der Waals surface area contributed by atoms with Crippen molar-refractivity contribution >= 4 is 16.3 Å². The van der Waals surface area contributed by atoms with E-state index in [1.165, 1.54) is 10.4 Å². The van der Waals surface area contributed by atoms with Crippen molar-refractivity contribution in [3.05, 3.63) is 16.0 Å². The van der Waals surface area contributed by atoms with Crippen molar-refractivity contribution in [2.24, 2.45) is 0 Å². The van der Waals surface area contributed by atoms with E-state index >= 15 is 0 Å². The van der Waals surface area contributed by atoms with Crippen molar-refractivity contribution in [3.63, 3.8) is 0 Å². The number of nitrogens with two attached hydrogens (primary N) is 1. The molecule has 0 saturated heterocycles. The molecule has 1 aliphatic carbocycles. The largest absolute Gasteiger partial charge is 0.389 e. The molecular formula is C10H12N2S. The van der Waals surface area contributed by atoms with Crippen LogP contribution in [-0.4, -0.2) is 0 Å². The molecule has 0 aromatic carbocycles. The van der Waals surface area contributed by atoms with Gasteiger partial charge in [-0.2, -0.15) is 5.26 Å². The van der Waals surface area contributed by atoms with Gasteiger partial charge in [0.2, 0.25) is 0 Å².